The van der Waals surface area contributed by atoms with E-state index in [0.29, 0.717) is 25.8 Å². The molecule has 0 aliphatic carbocycles. The number of benzene rings is 1. The Hall–Kier alpha value is -3.18. The second kappa shape index (κ2) is 12.4. The van der Waals surface area contributed by atoms with Gasteiger partial charge in [-0.15, -0.1) is 30.0 Å². The van der Waals surface area contributed by atoms with Crippen molar-refractivity contribution >= 4 is 40.6 Å². The number of thioether (sulfide) groups is 1. The maximum absolute atomic E-state index is 14.6. The van der Waals surface area contributed by atoms with Crippen LogP contribution in [-0.2, 0) is 25.8 Å². The molecule has 3 fully saturated rings. The molecule has 1 aromatic heterocycles. The summed E-state index contributed by atoms with van der Waals surface area (Å²) in [6.07, 6.45) is 6.70. The number of unbranched alkanes of at least 4 members (excludes halogenated alkanes) is 2. The molecule has 3 saturated heterocycles. The van der Waals surface area contributed by atoms with Gasteiger partial charge in [-0.3, -0.25) is 14.4 Å². The molecule has 10 nitrogen and oxygen atoms in total. The molecule has 11 heteroatoms. The summed E-state index contributed by atoms with van der Waals surface area (Å²) in [6.45, 7) is 10.7. The highest BCUT2D eigenvalue weighted by atomic mass is 32.2. The summed E-state index contributed by atoms with van der Waals surface area (Å²) in [5.74, 6) is -1.87. The molecule has 3 aliphatic heterocycles. The van der Waals surface area contributed by atoms with Crippen molar-refractivity contribution in [3.05, 3.63) is 49.6 Å². The monoisotopic (exact) mass is 581 g/mol. The van der Waals surface area contributed by atoms with Crippen molar-refractivity contribution in [1.29, 1.82) is 0 Å². The van der Waals surface area contributed by atoms with E-state index in [-0.39, 0.29) is 55.4 Å². The zero-order valence-electron chi connectivity index (χ0n) is 23.6. The highest BCUT2D eigenvalue weighted by Gasteiger charge is 2.76. The molecule has 0 radical (unpaired) electrons. The first-order valence-electron chi connectivity index (χ1n) is 14.4. The summed E-state index contributed by atoms with van der Waals surface area (Å²) in [7, 11) is 0. The molecular weight excluding hydrogens is 542 g/mol. The Bertz CT molecular complexity index is 1320. The van der Waals surface area contributed by atoms with Gasteiger partial charge in [0.2, 0.25) is 11.8 Å². The molecule has 4 heterocycles. The number of carbonyl (C=O) groups is 3. The van der Waals surface area contributed by atoms with Gasteiger partial charge < -0.3 is 19.6 Å². The number of rotatable bonds is 14. The third-order valence-electron chi connectivity index (χ3n) is 8.74. The first kappa shape index (κ1) is 29.3. The zero-order valence-corrected chi connectivity index (χ0v) is 24.4. The third-order valence-corrected chi connectivity index (χ3v) is 10.8. The zero-order chi connectivity index (χ0) is 29.1. The molecule has 0 saturated carbocycles. The van der Waals surface area contributed by atoms with Gasteiger partial charge in [-0.2, -0.15) is 0 Å². The van der Waals surface area contributed by atoms with Crippen LogP contribution in [-0.4, -0.2) is 90.0 Å². The van der Waals surface area contributed by atoms with Gasteiger partial charge in [0, 0.05) is 24.9 Å². The van der Waals surface area contributed by atoms with Crippen molar-refractivity contribution < 1.29 is 24.2 Å². The van der Waals surface area contributed by atoms with Crippen molar-refractivity contribution in [3.8, 4) is 0 Å². The maximum Gasteiger partial charge on any atom is 0.310 e. The molecule has 6 atom stereocenters. The van der Waals surface area contributed by atoms with E-state index < -0.39 is 22.6 Å². The van der Waals surface area contributed by atoms with Gasteiger partial charge in [-0.1, -0.05) is 36.4 Å². The lowest BCUT2D eigenvalue weighted by molar-refractivity contribution is -0.154. The smallest absolute Gasteiger partial charge is 0.310 e. The molecule has 2 amide bonds. The highest BCUT2D eigenvalue weighted by Crippen LogP contribution is 2.68. The Morgan fingerprint density at radius 1 is 1.24 bits per heavy atom. The van der Waals surface area contributed by atoms with E-state index in [1.54, 1.807) is 38.4 Å². The largest absolute Gasteiger partial charge is 0.465 e. The molecule has 1 spiro atoms. The number of carbonyl (C=O) groups excluding carboxylic acids is 3. The van der Waals surface area contributed by atoms with Gasteiger partial charge in [0.25, 0.3) is 0 Å². The summed E-state index contributed by atoms with van der Waals surface area (Å²) in [5.41, 5.74) is 1.53. The predicted octanol–water partition coefficient (Wildman–Crippen LogP) is 3.02. The molecule has 41 heavy (non-hydrogen) atoms. The number of hydrogen-bond donors (Lipinski definition) is 1. The van der Waals surface area contributed by atoms with E-state index in [9.17, 15) is 19.5 Å². The summed E-state index contributed by atoms with van der Waals surface area (Å²) < 4.78 is 6.61. The van der Waals surface area contributed by atoms with Gasteiger partial charge in [-0.25, -0.2) is 4.68 Å². The van der Waals surface area contributed by atoms with Crippen molar-refractivity contribution in [2.24, 2.45) is 17.8 Å². The van der Waals surface area contributed by atoms with Crippen LogP contribution in [0.15, 0.2) is 49.6 Å². The van der Waals surface area contributed by atoms with Gasteiger partial charge in [-0.05, 0) is 50.2 Å². The fourth-order valence-corrected chi connectivity index (χ4v) is 9.33. The lowest BCUT2D eigenvalue weighted by Crippen LogP contribution is -2.57. The van der Waals surface area contributed by atoms with Crippen LogP contribution in [0.3, 0.4) is 0 Å². The Morgan fingerprint density at radius 3 is 2.80 bits per heavy atom. The first-order valence-corrected chi connectivity index (χ1v) is 15.3. The molecule has 5 rings (SSSR count). The van der Waals surface area contributed by atoms with Crippen LogP contribution < -0.4 is 0 Å². The van der Waals surface area contributed by atoms with Crippen LogP contribution in [0.5, 0.6) is 0 Å². The lowest BCUT2D eigenvalue weighted by Gasteiger charge is -2.40. The first-order chi connectivity index (χ1) is 19.9. The molecule has 2 aromatic rings. The number of aromatic nitrogens is 3. The minimum atomic E-state index is -0.753. The van der Waals surface area contributed by atoms with Crippen LogP contribution in [0.4, 0.5) is 0 Å². The lowest BCUT2D eigenvalue weighted by atomic mass is 9.66. The number of aliphatic hydroxyl groups is 1. The minimum absolute atomic E-state index is 0.00403. The van der Waals surface area contributed by atoms with Crippen molar-refractivity contribution in [2.45, 2.75) is 61.7 Å². The predicted molar refractivity (Wildman–Crippen MR) is 157 cm³/mol. The van der Waals surface area contributed by atoms with Gasteiger partial charge in [0.15, 0.2) is 0 Å². The van der Waals surface area contributed by atoms with Crippen LogP contribution >= 0.6 is 11.8 Å². The normalized spacial score (nSPS) is 28.2. The van der Waals surface area contributed by atoms with Gasteiger partial charge in [0.1, 0.15) is 18.2 Å². The second-order valence-electron chi connectivity index (χ2n) is 11.2. The molecule has 3 unspecified atom stereocenters. The van der Waals surface area contributed by atoms with Gasteiger partial charge in [0.05, 0.1) is 28.7 Å². The van der Waals surface area contributed by atoms with Gasteiger partial charge >= 0.3 is 5.97 Å². The van der Waals surface area contributed by atoms with E-state index >= 15 is 0 Å². The van der Waals surface area contributed by atoms with E-state index in [0.717, 1.165) is 23.9 Å². The Morgan fingerprint density at radius 2 is 2.05 bits per heavy atom. The van der Waals surface area contributed by atoms with Crippen LogP contribution in [0.2, 0.25) is 0 Å². The maximum atomic E-state index is 14.6. The summed E-state index contributed by atoms with van der Waals surface area (Å²) >= 11 is 1.63. The number of nitrogens with zero attached hydrogens (tertiary/aromatic N) is 5. The van der Waals surface area contributed by atoms with E-state index in [1.807, 2.05) is 24.3 Å². The molecule has 220 valence electrons. The molecule has 2 bridgehead atoms. The molecule has 1 N–H and O–H groups in total. The number of aliphatic hydroxyl groups excluding tert-OH is 1. The van der Waals surface area contributed by atoms with E-state index in [2.05, 4.69) is 30.4 Å². The average molecular weight is 582 g/mol. The number of likely N-dealkylation sites (tertiary alicyclic amines) is 1. The fourth-order valence-electron chi connectivity index (χ4n) is 6.93. The Kier molecular flexibility index (Phi) is 8.84. The SMILES string of the molecule is C=CCCCOC(=O)[C@@H]1[C@H]2C(=O)N(CCCCO)C(C(=O)N(CC=C)Cn3nnc4ccccc43)C23S[C@@H]1CC3C. The summed E-state index contributed by atoms with van der Waals surface area (Å²) in [5, 5.41) is 17.9. The number of fused-ring (bicyclic) bond motifs is 2. The fraction of sp³-hybridized carbons (Fsp3) is 0.567. The van der Waals surface area contributed by atoms with Crippen molar-refractivity contribution in [2.75, 3.05) is 26.3 Å². The number of amides is 2. The molecular formula is C30H39N5O5S. The minimum Gasteiger partial charge on any atom is -0.465 e. The number of hydrogen-bond acceptors (Lipinski definition) is 8. The molecule has 1 aromatic carbocycles. The topological polar surface area (TPSA) is 118 Å². The quantitative estimate of drug-likeness (QED) is 0.206. The number of allylic oxidation sites excluding steroid dienone is 1. The summed E-state index contributed by atoms with van der Waals surface area (Å²) in [6, 6.07) is 6.81. The highest BCUT2D eigenvalue weighted by molar-refractivity contribution is 8.02. The molecule has 3 aliphatic rings. The number of esters is 1. The Labute approximate surface area is 244 Å². The van der Waals surface area contributed by atoms with Crippen LogP contribution in [0.25, 0.3) is 11.0 Å². The third kappa shape index (κ3) is 5.07. The van der Waals surface area contributed by atoms with Crippen molar-refractivity contribution in [1.82, 2.24) is 24.8 Å². The van der Waals surface area contributed by atoms with Crippen molar-refractivity contribution in [3.63, 3.8) is 0 Å². The summed E-state index contributed by atoms with van der Waals surface area (Å²) in [4.78, 5) is 45.6. The van der Waals surface area contributed by atoms with E-state index in [4.69, 9.17) is 4.74 Å². The van der Waals surface area contributed by atoms with Crippen LogP contribution in [0.1, 0.15) is 39.0 Å². The Balaban J connectivity index is 1.48. The number of para-hydroxylation sites is 1. The number of ether oxygens (including phenoxy) is 1. The van der Waals surface area contributed by atoms with Crippen LogP contribution in [0, 0.1) is 17.8 Å². The standard InChI is InChI=1S/C30H39N5O5S/c1-4-6-11-17-40-29(39)24-23-18-20(3)30(41-23)25(24)27(37)34(15-9-10-16-36)26(30)28(38)33(14-5-2)19-35-22-13-8-7-12-21(22)31-32-35/h4-5,7-8,12-13,20,23-26,36H,1-2,6,9-11,14-19H2,3H3/t20?,23-,24+,25+,26?,30?/m1/s1. The average Bonchev–Trinajstić information content (AvgIpc) is 3.68. The van der Waals surface area contributed by atoms with E-state index in [1.165, 1.54) is 0 Å². The second-order valence-corrected chi connectivity index (χ2v) is 12.7.